The third-order valence-corrected chi connectivity index (χ3v) is 6.08. The molecule has 170 valence electrons. The monoisotopic (exact) mass is 457 g/mol. The number of ether oxygens (including phenoxy) is 2. The Labute approximate surface area is 193 Å². The first-order valence-electron chi connectivity index (χ1n) is 10.9. The van der Waals surface area contributed by atoms with Crippen LogP contribution in [-0.4, -0.2) is 58.3 Å². The standard InChI is InChI=1S/C23H27N5O3.ClH/c29-23-2-1-17-3-6-24-15-20(17)28(23)10-9-27-7-4-18(5-8-27)25-14-19-13-21-22(16-26-19)31-12-11-30-21;/h1-3,6,13,15-16,18,25H,4-5,7-12,14H2;1H. The molecule has 2 aliphatic heterocycles. The van der Waals surface area contributed by atoms with Gasteiger partial charge in [-0.1, -0.05) is 0 Å². The molecule has 0 unspecified atom stereocenters. The van der Waals surface area contributed by atoms with Crippen LogP contribution in [0.15, 0.2) is 47.7 Å². The third-order valence-electron chi connectivity index (χ3n) is 6.08. The van der Waals surface area contributed by atoms with Gasteiger partial charge in [-0.2, -0.15) is 0 Å². The molecule has 1 fully saturated rings. The molecule has 5 rings (SSSR count). The number of hydrogen-bond donors (Lipinski definition) is 1. The highest BCUT2D eigenvalue weighted by Crippen LogP contribution is 2.29. The summed E-state index contributed by atoms with van der Waals surface area (Å²) in [6.07, 6.45) is 7.44. The first kappa shape index (κ1) is 22.5. The number of nitrogens with one attached hydrogen (secondary N) is 1. The van der Waals surface area contributed by atoms with E-state index in [1.807, 2.05) is 22.8 Å². The van der Waals surface area contributed by atoms with Crippen molar-refractivity contribution in [1.29, 1.82) is 0 Å². The number of aromatic nitrogens is 3. The number of halogens is 1. The first-order valence-corrected chi connectivity index (χ1v) is 10.9. The van der Waals surface area contributed by atoms with Crippen LogP contribution >= 0.6 is 12.4 Å². The second kappa shape index (κ2) is 10.3. The minimum Gasteiger partial charge on any atom is -0.486 e. The highest BCUT2D eigenvalue weighted by Gasteiger charge is 2.20. The van der Waals surface area contributed by atoms with Crippen LogP contribution in [0.4, 0.5) is 0 Å². The van der Waals surface area contributed by atoms with Gasteiger partial charge in [-0.3, -0.25) is 14.8 Å². The summed E-state index contributed by atoms with van der Waals surface area (Å²) in [7, 11) is 0. The maximum absolute atomic E-state index is 12.4. The van der Waals surface area contributed by atoms with Gasteiger partial charge in [0.05, 0.1) is 23.6 Å². The van der Waals surface area contributed by atoms with E-state index in [0.29, 0.717) is 25.8 Å². The van der Waals surface area contributed by atoms with E-state index in [4.69, 9.17) is 9.47 Å². The summed E-state index contributed by atoms with van der Waals surface area (Å²) in [6.45, 7) is 5.47. The van der Waals surface area contributed by atoms with E-state index >= 15 is 0 Å². The van der Waals surface area contributed by atoms with Crippen LogP contribution in [-0.2, 0) is 13.1 Å². The minimum atomic E-state index is 0. The number of piperidine rings is 1. The fourth-order valence-electron chi connectivity index (χ4n) is 4.30. The second-order valence-corrected chi connectivity index (χ2v) is 8.07. The lowest BCUT2D eigenvalue weighted by Crippen LogP contribution is -2.43. The summed E-state index contributed by atoms with van der Waals surface area (Å²) >= 11 is 0. The molecule has 3 aromatic rings. The Hall–Kier alpha value is -2.68. The molecule has 2 aliphatic rings. The average Bonchev–Trinajstić information content (AvgIpc) is 2.82. The zero-order valence-electron chi connectivity index (χ0n) is 17.9. The quantitative estimate of drug-likeness (QED) is 0.607. The number of pyridine rings is 3. The van der Waals surface area contributed by atoms with E-state index in [1.54, 1.807) is 24.7 Å². The van der Waals surface area contributed by atoms with E-state index in [1.165, 1.54) is 0 Å². The lowest BCUT2D eigenvalue weighted by atomic mass is 10.0. The Morgan fingerprint density at radius 3 is 2.69 bits per heavy atom. The highest BCUT2D eigenvalue weighted by molar-refractivity contribution is 5.85. The molecule has 32 heavy (non-hydrogen) atoms. The highest BCUT2D eigenvalue weighted by atomic mass is 35.5. The Bertz CT molecular complexity index is 1110. The molecule has 1 N–H and O–H groups in total. The van der Waals surface area contributed by atoms with Crippen LogP contribution in [0.3, 0.4) is 0 Å². The van der Waals surface area contributed by atoms with E-state index in [0.717, 1.165) is 67.1 Å². The average molecular weight is 458 g/mol. The number of likely N-dealkylation sites (tertiary alicyclic amines) is 1. The van der Waals surface area contributed by atoms with Gasteiger partial charge in [0.2, 0.25) is 0 Å². The van der Waals surface area contributed by atoms with E-state index < -0.39 is 0 Å². The topological polar surface area (TPSA) is 81.5 Å². The SMILES string of the molecule is Cl.O=c1ccc2ccncc2n1CCN1CCC(NCc2cc3c(cn2)OCCO3)CC1. The number of fused-ring (bicyclic) bond motifs is 2. The van der Waals surface area contributed by atoms with Crippen molar-refractivity contribution in [3.63, 3.8) is 0 Å². The molecule has 0 amide bonds. The minimum absolute atomic E-state index is 0. The zero-order chi connectivity index (χ0) is 21.0. The smallest absolute Gasteiger partial charge is 0.251 e. The van der Waals surface area contributed by atoms with Crippen molar-refractivity contribution >= 4 is 23.3 Å². The second-order valence-electron chi connectivity index (χ2n) is 8.07. The third kappa shape index (κ3) is 5.03. The van der Waals surface area contributed by atoms with Crippen molar-refractivity contribution in [2.45, 2.75) is 32.0 Å². The molecular formula is C23H28ClN5O3. The molecule has 0 saturated carbocycles. The molecule has 0 radical (unpaired) electrons. The van der Waals surface area contributed by atoms with Gasteiger partial charge in [-0.15, -0.1) is 12.4 Å². The van der Waals surface area contributed by atoms with E-state index in [-0.39, 0.29) is 18.0 Å². The summed E-state index contributed by atoms with van der Waals surface area (Å²) in [5, 5.41) is 4.67. The maximum atomic E-state index is 12.4. The molecule has 0 bridgehead atoms. The number of hydrogen-bond acceptors (Lipinski definition) is 7. The van der Waals surface area contributed by atoms with Crippen LogP contribution in [0.2, 0.25) is 0 Å². The van der Waals surface area contributed by atoms with Gasteiger partial charge in [-0.25, -0.2) is 0 Å². The van der Waals surface area contributed by atoms with Gasteiger partial charge >= 0.3 is 0 Å². The van der Waals surface area contributed by atoms with Crippen LogP contribution in [0.1, 0.15) is 18.5 Å². The Morgan fingerprint density at radius 1 is 1.03 bits per heavy atom. The largest absolute Gasteiger partial charge is 0.486 e. The lowest BCUT2D eigenvalue weighted by molar-refractivity contribution is 0.170. The fraction of sp³-hybridized carbons (Fsp3) is 0.435. The normalized spacial score (nSPS) is 16.6. The first-order chi connectivity index (χ1) is 15.3. The van der Waals surface area contributed by atoms with Crippen LogP contribution in [0.25, 0.3) is 10.9 Å². The Kier molecular flexibility index (Phi) is 7.24. The van der Waals surface area contributed by atoms with Crippen molar-refractivity contribution in [1.82, 2.24) is 24.8 Å². The molecule has 0 aliphatic carbocycles. The van der Waals surface area contributed by atoms with E-state index in [9.17, 15) is 4.79 Å². The van der Waals surface area contributed by atoms with Gasteiger partial charge in [0.15, 0.2) is 11.5 Å². The van der Waals surface area contributed by atoms with Gasteiger partial charge in [-0.05, 0) is 38.1 Å². The maximum Gasteiger partial charge on any atom is 0.251 e. The summed E-state index contributed by atoms with van der Waals surface area (Å²) in [5.41, 5.74) is 1.90. The van der Waals surface area contributed by atoms with Crippen molar-refractivity contribution < 1.29 is 9.47 Å². The molecule has 0 aromatic carbocycles. The molecule has 0 atom stereocenters. The van der Waals surface area contributed by atoms with Crippen molar-refractivity contribution in [3.05, 3.63) is 58.9 Å². The summed E-state index contributed by atoms with van der Waals surface area (Å²) in [5.74, 6) is 1.51. The molecule has 5 heterocycles. The summed E-state index contributed by atoms with van der Waals surface area (Å²) < 4.78 is 13.0. The summed E-state index contributed by atoms with van der Waals surface area (Å²) in [4.78, 5) is 23.4. The Morgan fingerprint density at radius 2 is 1.84 bits per heavy atom. The Balaban J connectivity index is 0.00000245. The number of rotatable bonds is 6. The van der Waals surface area contributed by atoms with Crippen molar-refractivity contribution in [3.8, 4) is 11.5 Å². The lowest BCUT2D eigenvalue weighted by Gasteiger charge is -2.32. The van der Waals surface area contributed by atoms with Crippen molar-refractivity contribution in [2.75, 3.05) is 32.8 Å². The predicted octanol–water partition coefficient (Wildman–Crippen LogP) is 2.24. The molecule has 9 heteroatoms. The van der Waals surface area contributed by atoms with Gasteiger partial charge in [0, 0.05) is 49.4 Å². The molecule has 8 nitrogen and oxygen atoms in total. The fourth-order valence-corrected chi connectivity index (χ4v) is 4.30. The summed E-state index contributed by atoms with van der Waals surface area (Å²) in [6, 6.07) is 7.89. The number of nitrogens with zero attached hydrogens (tertiary/aromatic N) is 4. The zero-order valence-corrected chi connectivity index (χ0v) is 18.7. The molecule has 0 spiro atoms. The molecule has 3 aromatic heterocycles. The molecular weight excluding hydrogens is 430 g/mol. The van der Waals surface area contributed by atoms with Crippen LogP contribution in [0, 0.1) is 0 Å². The van der Waals surface area contributed by atoms with E-state index in [2.05, 4.69) is 20.2 Å². The van der Waals surface area contributed by atoms with Crippen molar-refractivity contribution in [2.24, 2.45) is 0 Å². The molecule has 1 saturated heterocycles. The van der Waals surface area contributed by atoms with Crippen LogP contribution in [0.5, 0.6) is 11.5 Å². The van der Waals surface area contributed by atoms with Gasteiger partial charge in [0.1, 0.15) is 13.2 Å². The van der Waals surface area contributed by atoms with Gasteiger partial charge < -0.3 is 24.3 Å². The van der Waals surface area contributed by atoms with Crippen LogP contribution < -0.4 is 20.3 Å². The van der Waals surface area contributed by atoms with Gasteiger partial charge in [0.25, 0.3) is 5.56 Å². The predicted molar refractivity (Wildman–Crippen MR) is 125 cm³/mol.